The summed E-state index contributed by atoms with van der Waals surface area (Å²) < 4.78 is 61.6. The van der Waals surface area contributed by atoms with Gasteiger partial charge in [-0.2, -0.15) is 0 Å². The van der Waals surface area contributed by atoms with Crippen molar-refractivity contribution >= 4 is 46.3 Å². The molecule has 2 aromatic carbocycles. The van der Waals surface area contributed by atoms with Gasteiger partial charge in [-0.25, -0.2) is 27.2 Å². The van der Waals surface area contributed by atoms with Crippen LogP contribution in [0.5, 0.6) is 0 Å². The van der Waals surface area contributed by atoms with Gasteiger partial charge in [-0.1, -0.05) is 54.9 Å². The number of hydrogen-bond donors (Lipinski definition) is 0. The van der Waals surface area contributed by atoms with E-state index in [4.69, 9.17) is 23.2 Å². The Labute approximate surface area is 222 Å². The molecule has 4 rings (SSSR count). The van der Waals surface area contributed by atoms with E-state index in [-0.39, 0.29) is 20.3 Å². The van der Waals surface area contributed by atoms with Crippen molar-refractivity contribution in [3.63, 3.8) is 0 Å². The molecule has 2 saturated carbocycles. The van der Waals surface area contributed by atoms with Gasteiger partial charge >= 0.3 is 11.9 Å². The lowest BCUT2D eigenvalue weighted by Gasteiger charge is -2.07. The fourth-order valence-electron chi connectivity index (χ4n) is 3.53. The van der Waals surface area contributed by atoms with E-state index >= 15 is 0 Å². The third kappa shape index (κ3) is 8.07. The molecule has 0 aliphatic heterocycles. The van der Waals surface area contributed by atoms with Gasteiger partial charge in [-0.05, 0) is 46.5 Å². The monoisotopic (exact) mass is 560 g/mol. The number of carbonyl (C=O) groups is 2. The fourth-order valence-corrected chi connectivity index (χ4v) is 3.78. The number of carbonyl (C=O) groups excluding carboxylic acids is 2. The van der Waals surface area contributed by atoms with Gasteiger partial charge < -0.3 is 9.47 Å². The minimum atomic E-state index is -2.74. The molecule has 0 N–H and O–H groups in total. The SMILES string of the molecule is C.COC(=O)/C=C(/c1ccc(Cl)cc1)C1CC1(F)F.COC(=O)/C=C(\c1ccc(Cl)cc1)C1CC1(F)F. The third-order valence-electron chi connectivity index (χ3n) is 5.71. The summed E-state index contributed by atoms with van der Waals surface area (Å²) in [5.41, 5.74) is 1.71. The highest BCUT2D eigenvalue weighted by Crippen LogP contribution is 2.56. The molecule has 200 valence electrons. The third-order valence-corrected chi connectivity index (χ3v) is 6.21. The standard InChI is InChI=1S/2C13H11ClF2O2.CH4/c2*1-18-12(17)6-10(11-7-13(11,15)16)8-2-4-9(14)5-3-8;/h2*2-6,11H,7H2,1H3;1H4/b10-6+;10-6-;. The topological polar surface area (TPSA) is 52.6 Å². The van der Waals surface area contributed by atoms with Crippen molar-refractivity contribution in [2.24, 2.45) is 11.8 Å². The maximum atomic E-state index is 13.1. The summed E-state index contributed by atoms with van der Waals surface area (Å²) in [4.78, 5) is 22.5. The van der Waals surface area contributed by atoms with E-state index in [1.165, 1.54) is 14.2 Å². The van der Waals surface area contributed by atoms with Crippen LogP contribution in [0.15, 0.2) is 60.7 Å². The van der Waals surface area contributed by atoms with Crippen LogP contribution in [0.1, 0.15) is 31.4 Å². The second-order valence-electron chi connectivity index (χ2n) is 8.29. The number of esters is 2. The van der Waals surface area contributed by atoms with Gasteiger partial charge in [0.15, 0.2) is 0 Å². The Bertz CT molecular complexity index is 1080. The first kappa shape index (κ1) is 30.4. The van der Waals surface area contributed by atoms with Crippen molar-refractivity contribution in [3.05, 3.63) is 81.9 Å². The van der Waals surface area contributed by atoms with Gasteiger partial charge in [-0.3, -0.25) is 0 Å². The minimum absolute atomic E-state index is 0. The molecule has 10 heteroatoms. The molecule has 0 spiro atoms. The van der Waals surface area contributed by atoms with Crippen LogP contribution in [0.2, 0.25) is 10.0 Å². The summed E-state index contributed by atoms with van der Waals surface area (Å²) in [6.45, 7) is 0. The molecule has 0 heterocycles. The quantitative estimate of drug-likeness (QED) is 0.206. The number of ether oxygens (including phenoxy) is 2. The van der Waals surface area contributed by atoms with E-state index in [1.54, 1.807) is 48.5 Å². The van der Waals surface area contributed by atoms with E-state index in [1.807, 2.05) is 0 Å². The Morgan fingerprint density at radius 3 is 1.22 bits per heavy atom. The van der Waals surface area contributed by atoms with Gasteiger partial charge in [0.1, 0.15) is 0 Å². The van der Waals surface area contributed by atoms with Gasteiger partial charge in [0, 0.05) is 35.0 Å². The number of hydrogen-bond acceptors (Lipinski definition) is 4. The molecular formula is C27H26Cl2F4O4. The summed E-state index contributed by atoms with van der Waals surface area (Å²) in [7, 11) is 2.42. The predicted molar refractivity (Wildman–Crippen MR) is 136 cm³/mol. The maximum Gasteiger partial charge on any atom is 0.330 e. The highest BCUT2D eigenvalue weighted by Gasteiger charge is 2.59. The first-order chi connectivity index (χ1) is 16.9. The number of rotatable bonds is 6. The molecular weight excluding hydrogens is 535 g/mol. The highest BCUT2D eigenvalue weighted by molar-refractivity contribution is 6.30. The van der Waals surface area contributed by atoms with E-state index < -0.39 is 35.6 Å². The molecule has 2 aliphatic carbocycles. The van der Waals surface area contributed by atoms with Crippen LogP contribution in [0, 0.1) is 11.8 Å². The van der Waals surface area contributed by atoms with E-state index in [0.717, 1.165) is 12.2 Å². The molecule has 2 unspecified atom stereocenters. The van der Waals surface area contributed by atoms with Crippen molar-refractivity contribution in [2.45, 2.75) is 32.1 Å². The molecule has 0 saturated heterocycles. The zero-order chi connectivity index (χ0) is 26.7. The number of benzene rings is 2. The van der Waals surface area contributed by atoms with Crippen molar-refractivity contribution in [3.8, 4) is 0 Å². The Hall–Kier alpha value is -2.84. The van der Waals surface area contributed by atoms with Crippen LogP contribution in [-0.2, 0) is 19.1 Å². The summed E-state index contributed by atoms with van der Waals surface area (Å²) in [5.74, 6) is -8.58. The van der Waals surface area contributed by atoms with Crippen LogP contribution in [0.25, 0.3) is 11.1 Å². The molecule has 2 fully saturated rings. The Morgan fingerprint density at radius 1 is 0.730 bits per heavy atom. The van der Waals surface area contributed by atoms with Gasteiger partial charge in [0.05, 0.1) is 26.1 Å². The summed E-state index contributed by atoms with van der Waals surface area (Å²) >= 11 is 11.5. The second kappa shape index (κ2) is 12.1. The summed E-state index contributed by atoms with van der Waals surface area (Å²) in [6, 6.07) is 12.9. The molecule has 4 nitrogen and oxygen atoms in total. The smallest absolute Gasteiger partial charge is 0.330 e. The van der Waals surface area contributed by atoms with E-state index in [2.05, 4.69) is 9.47 Å². The van der Waals surface area contributed by atoms with Gasteiger partial charge in [-0.15, -0.1) is 0 Å². The van der Waals surface area contributed by atoms with Crippen molar-refractivity contribution < 1.29 is 36.6 Å². The molecule has 0 aromatic heterocycles. The first-order valence-electron chi connectivity index (χ1n) is 10.7. The second-order valence-corrected chi connectivity index (χ2v) is 9.17. The number of allylic oxidation sites excluding steroid dienone is 2. The largest absolute Gasteiger partial charge is 0.466 e. The maximum absolute atomic E-state index is 13.1. The Balaban J connectivity index is 0.000000253. The Kier molecular flexibility index (Phi) is 9.97. The molecule has 0 bridgehead atoms. The lowest BCUT2D eigenvalue weighted by atomic mass is 10.0. The van der Waals surface area contributed by atoms with E-state index in [0.29, 0.717) is 32.3 Å². The van der Waals surface area contributed by atoms with Crippen LogP contribution in [-0.4, -0.2) is 38.0 Å². The zero-order valence-corrected chi connectivity index (χ0v) is 20.8. The fraction of sp³-hybridized carbons (Fsp3) is 0.333. The van der Waals surface area contributed by atoms with E-state index in [9.17, 15) is 27.2 Å². The predicted octanol–water partition coefficient (Wildman–Crippen LogP) is 7.74. The first-order valence-corrected chi connectivity index (χ1v) is 11.5. The minimum Gasteiger partial charge on any atom is -0.466 e. The average molecular weight is 561 g/mol. The van der Waals surface area contributed by atoms with Crippen LogP contribution in [0.3, 0.4) is 0 Å². The number of methoxy groups -OCH3 is 2. The highest BCUT2D eigenvalue weighted by atomic mass is 35.5. The molecule has 2 atom stereocenters. The lowest BCUT2D eigenvalue weighted by Crippen LogP contribution is -2.02. The van der Waals surface area contributed by atoms with Crippen molar-refractivity contribution in [2.75, 3.05) is 14.2 Å². The van der Waals surface area contributed by atoms with Crippen LogP contribution in [0.4, 0.5) is 17.6 Å². The van der Waals surface area contributed by atoms with Crippen molar-refractivity contribution in [1.29, 1.82) is 0 Å². The summed E-state index contributed by atoms with van der Waals surface area (Å²) in [6.07, 6.45) is 1.76. The number of halogens is 6. The molecule has 0 radical (unpaired) electrons. The molecule has 0 amide bonds. The number of alkyl halides is 4. The summed E-state index contributed by atoms with van der Waals surface area (Å²) in [5, 5.41) is 1.03. The molecule has 37 heavy (non-hydrogen) atoms. The van der Waals surface area contributed by atoms with Gasteiger partial charge in [0.25, 0.3) is 11.8 Å². The van der Waals surface area contributed by atoms with Crippen LogP contribution < -0.4 is 0 Å². The van der Waals surface area contributed by atoms with Gasteiger partial charge in [0.2, 0.25) is 0 Å². The van der Waals surface area contributed by atoms with Crippen molar-refractivity contribution in [1.82, 2.24) is 0 Å². The average Bonchev–Trinajstić information content (AvgIpc) is 3.69. The molecule has 2 aliphatic rings. The Morgan fingerprint density at radius 2 is 1.00 bits per heavy atom. The lowest BCUT2D eigenvalue weighted by molar-refractivity contribution is -0.135. The molecule has 2 aromatic rings. The van der Waals surface area contributed by atoms with Crippen LogP contribution >= 0.6 is 23.2 Å². The zero-order valence-electron chi connectivity index (χ0n) is 19.2. The normalized spacial score (nSPS) is 21.0.